The molecule has 2 aromatic heterocycles. The molecule has 0 saturated carbocycles. The van der Waals surface area contributed by atoms with Crippen LogP contribution in [0.5, 0.6) is 0 Å². The van der Waals surface area contributed by atoms with Crippen LogP contribution in [-0.4, -0.2) is 43.4 Å². The van der Waals surface area contributed by atoms with Gasteiger partial charge in [-0.1, -0.05) is 12.1 Å². The molecule has 0 aliphatic carbocycles. The summed E-state index contributed by atoms with van der Waals surface area (Å²) >= 11 is 0. The first-order valence-electron chi connectivity index (χ1n) is 11.5. The molecule has 9 nitrogen and oxygen atoms in total. The van der Waals surface area contributed by atoms with Crippen LogP contribution in [0.4, 0.5) is 36.4 Å². The summed E-state index contributed by atoms with van der Waals surface area (Å²) in [4.78, 5) is 26.3. The first-order valence-corrected chi connectivity index (χ1v) is 11.5. The number of nitrogens with zero attached hydrogens (tertiary/aromatic N) is 6. The SMILES string of the molecule is CC(C(=O)N1CCc2cc(-c3nc(Nc4ccc(-c5ccnc(N)n5)cc4)n(C)n3)ccc21)C(F)(F)F. The van der Waals surface area contributed by atoms with Gasteiger partial charge in [-0.3, -0.25) is 4.79 Å². The third-order valence-corrected chi connectivity index (χ3v) is 6.23. The monoisotopic (exact) mass is 508 g/mol. The van der Waals surface area contributed by atoms with Crippen LogP contribution in [0.3, 0.4) is 0 Å². The number of carbonyl (C=O) groups is 1. The molecule has 0 saturated heterocycles. The summed E-state index contributed by atoms with van der Waals surface area (Å²) < 4.78 is 40.7. The number of amides is 1. The molecule has 0 fully saturated rings. The molecule has 0 radical (unpaired) electrons. The minimum atomic E-state index is -4.58. The van der Waals surface area contributed by atoms with Crippen molar-refractivity contribution in [3.63, 3.8) is 0 Å². The maximum Gasteiger partial charge on any atom is 0.400 e. The smallest absolute Gasteiger partial charge is 0.368 e. The van der Waals surface area contributed by atoms with Crippen molar-refractivity contribution in [1.29, 1.82) is 0 Å². The normalized spacial score (nSPS) is 13.9. The van der Waals surface area contributed by atoms with E-state index in [9.17, 15) is 18.0 Å². The zero-order valence-corrected chi connectivity index (χ0v) is 20.0. The van der Waals surface area contributed by atoms with E-state index in [1.807, 2.05) is 30.3 Å². The number of rotatable bonds is 5. The van der Waals surface area contributed by atoms with Gasteiger partial charge in [-0.25, -0.2) is 14.6 Å². The molecule has 12 heteroatoms. The Morgan fingerprint density at radius 2 is 1.81 bits per heavy atom. The predicted molar refractivity (Wildman–Crippen MR) is 133 cm³/mol. The van der Waals surface area contributed by atoms with Crippen LogP contribution in [0.2, 0.25) is 0 Å². The second kappa shape index (κ2) is 9.19. The lowest BCUT2D eigenvalue weighted by molar-refractivity contribution is -0.177. The maximum atomic E-state index is 13.0. The Bertz CT molecular complexity index is 1470. The Morgan fingerprint density at radius 1 is 1.08 bits per heavy atom. The number of fused-ring (bicyclic) bond motifs is 1. The number of anilines is 4. The molecule has 1 unspecified atom stereocenters. The van der Waals surface area contributed by atoms with Gasteiger partial charge in [0, 0.05) is 42.3 Å². The van der Waals surface area contributed by atoms with Gasteiger partial charge in [0.15, 0.2) is 5.82 Å². The highest BCUT2D eigenvalue weighted by atomic mass is 19.4. The number of nitrogens with two attached hydrogens (primary N) is 1. The summed E-state index contributed by atoms with van der Waals surface area (Å²) in [6.45, 7) is 1.10. The molecule has 0 bridgehead atoms. The van der Waals surface area contributed by atoms with Gasteiger partial charge in [0.1, 0.15) is 5.92 Å². The van der Waals surface area contributed by atoms with Crippen LogP contribution in [-0.2, 0) is 18.3 Å². The molecule has 5 rings (SSSR count). The van der Waals surface area contributed by atoms with Gasteiger partial charge in [0.05, 0.1) is 5.69 Å². The van der Waals surface area contributed by atoms with Crippen LogP contribution >= 0.6 is 0 Å². The molecule has 0 spiro atoms. The molecule has 1 atom stereocenters. The highest BCUT2D eigenvalue weighted by molar-refractivity contribution is 5.97. The number of aryl methyl sites for hydroxylation is 1. The third kappa shape index (κ3) is 4.82. The van der Waals surface area contributed by atoms with E-state index in [0.717, 1.165) is 23.7 Å². The number of halogens is 3. The fraction of sp³-hybridized carbons (Fsp3) is 0.240. The van der Waals surface area contributed by atoms with E-state index in [1.165, 1.54) is 4.90 Å². The van der Waals surface area contributed by atoms with Crippen LogP contribution < -0.4 is 16.0 Å². The molecule has 3 heterocycles. The molecule has 1 amide bonds. The molecule has 1 aliphatic heterocycles. The van der Waals surface area contributed by atoms with Gasteiger partial charge >= 0.3 is 6.18 Å². The second-order valence-electron chi connectivity index (χ2n) is 8.73. The summed E-state index contributed by atoms with van der Waals surface area (Å²) in [6.07, 6.45) is -2.52. The van der Waals surface area contributed by atoms with E-state index < -0.39 is 18.0 Å². The Balaban J connectivity index is 1.33. The fourth-order valence-electron chi connectivity index (χ4n) is 4.15. The lowest BCUT2D eigenvalue weighted by Crippen LogP contribution is -2.40. The van der Waals surface area contributed by atoms with Gasteiger partial charge in [-0.05, 0) is 55.3 Å². The summed E-state index contributed by atoms with van der Waals surface area (Å²) in [5, 5.41) is 7.70. The van der Waals surface area contributed by atoms with Gasteiger partial charge in [-0.15, -0.1) is 5.10 Å². The quantitative estimate of drug-likeness (QED) is 0.412. The summed E-state index contributed by atoms with van der Waals surface area (Å²) in [5.74, 6) is -1.85. The second-order valence-corrected chi connectivity index (χ2v) is 8.73. The lowest BCUT2D eigenvalue weighted by Gasteiger charge is -2.23. The van der Waals surface area contributed by atoms with Gasteiger partial charge < -0.3 is 16.0 Å². The molecule has 4 aromatic rings. The van der Waals surface area contributed by atoms with E-state index in [-0.39, 0.29) is 12.5 Å². The largest absolute Gasteiger partial charge is 0.400 e. The number of carbonyl (C=O) groups excluding carboxylic acids is 1. The predicted octanol–water partition coefficient (Wildman–Crippen LogP) is 4.35. The first kappa shape index (κ1) is 24.2. The Labute approximate surface area is 210 Å². The molecule has 190 valence electrons. The highest BCUT2D eigenvalue weighted by Crippen LogP contribution is 2.35. The molecule has 37 heavy (non-hydrogen) atoms. The molecule has 3 N–H and O–H groups in total. The molecule has 2 aromatic carbocycles. The minimum Gasteiger partial charge on any atom is -0.368 e. The summed E-state index contributed by atoms with van der Waals surface area (Å²) in [5.41, 5.74) is 10.0. The number of nitrogen functional groups attached to an aromatic ring is 1. The van der Waals surface area contributed by atoms with Crippen molar-refractivity contribution >= 4 is 29.2 Å². The highest BCUT2D eigenvalue weighted by Gasteiger charge is 2.44. The zero-order valence-electron chi connectivity index (χ0n) is 20.0. The van der Waals surface area contributed by atoms with E-state index in [1.54, 1.807) is 36.1 Å². The van der Waals surface area contributed by atoms with Crippen LogP contribution in [0.1, 0.15) is 12.5 Å². The van der Waals surface area contributed by atoms with Crippen molar-refractivity contribution in [2.24, 2.45) is 13.0 Å². The number of alkyl halides is 3. The average Bonchev–Trinajstić information content (AvgIpc) is 3.46. The van der Waals surface area contributed by atoms with Gasteiger partial charge in [0.25, 0.3) is 0 Å². The van der Waals surface area contributed by atoms with E-state index in [0.29, 0.717) is 35.1 Å². The average molecular weight is 509 g/mol. The van der Waals surface area contributed by atoms with Crippen LogP contribution in [0.15, 0.2) is 54.7 Å². The number of hydrogen-bond donors (Lipinski definition) is 2. The first-order chi connectivity index (χ1) is 17.6. The number of aromatic nitrogens is 5. The fourth-order valence-corrected chi connectivity index (χ4v) is 4.15. The van der Waals surface area contributed by atoms with Crippen molar-refractivity contribution in [2.75, 3.05) is 22.5 Å². The molecular formula is C25H23F3N8O. The van der Waals surface area contributed by atoms with Crippen LogP contribution in [0.25, 0.3) is 22.6 Å². The Hall–Kier alpha value is -4.48. The summed E-state index contributed by atoms with van der Waals surface area (Å²) in [6, 6.07) is 14.5. The topological polar surface area (TPSA) is 115 Å². The van der Waals surface area contributed by atoms with Crippen molar-refractivity contribution < 1.29 is 18.0 Å². The van der Waals surface area contributed by atoms with Crippen molar-refractivity contribution in [1.82, 2.24) is 24.7 Å². The summed E-state index contributed by atoms with van der Waals surface area (Å²) in [7, 11) is 1.75. The zero-order chi connectivity index (χ0) is 26.3. The number of nitrogens with one attached hydrogen (secondary N) is 1. The van der Waals surface area contributed by atoms with Crippen molar-refractivity contribution in [3.05, 3.63) is 60.3 Å². The van der Waals surface area contributed by atoms with E-state index in [2.05, 4.69) is 25.4 Å². The maximum absolute atomic E-state index is 13.0. The minimum absolute atomic E-state index is 0.202. The number of benzene rings is 2. The standard InChI is InChI=1S/C25H23F3N8O/c1-14(25(26,27)28)22(37)36-12-10-16-13-17(5-8-20(16)36)21-33-24(35(2)34-21)31-18-6-3-15(4-7-18)19-9-11-30-23(29)32-19/h3-9,11,13-14H,10,12H2,1-2H3,(H2,29,30,32)(H,31,33,34). The molecule has 1 aliphatic rings. The van der Waals surface area contributed by atoms with Gasteiger partial charge in [-0.2, -0.15) is 18.2 Å². The van der Waals surface area contributed by atoms with Gasteiger partial charge in [0.2, 0.25) is 17.8 Å². The Kier molecular flexibility index (Phi) is 6.02. The van der Waals surface area contributed by atoms with E-state index in [4.69, 9.17) is 5.73 Å². The number of hydrogen-bond acceptors (Lipinski definition) is 7. The van der Waals surface area contributed by atoms with Crippen LogP contribution in [0, 0.1) is 5.92 Å². The van der Waals surface area contributed by atoms with Crippen molar-refractivity contribution in [2.45, 2.75) is 19.5 Å². The Morgan fingerprint density at radius 3 is 2.51 bits per heavy atom. The van der Waals surface area contributed by atoms with E-state index >= 15 is 0 Å². The van der Waals surface area contributed by atoms with Crippen molar-refractivity contribution in [3.8, 4) is 22.6 Å². The molecular weight excluding hydrogens is 485 g/mol. The third-order valence-electron chi connectivity index (χ3n) is 6.23. The lowest BCUT2D eigenvalue weighted by atomic mass is 10.1.